The van der Waals surface area contributed by atoms with Gasteiger partial charge in [-0.15, -0.1) is 0 Å². The minimum atomic E-state index is -0.0984. The van der Waals surface area contributed by atoms with Gasteiger partial charge in [-0.25, -0.2) is 19.9 Å². The molecule has 0 bridgehead atoms. The van der Waals surface area contributed by atoms with Gasteiger partial charge in [0.15, 0.2) is 0 Å². The Morgan fingerprint density at radius 2 is 1.65 bits per heavy atom. The van der Waals surface area contributed by atoms with Crippen molar-refractivity contribution in [1.29, 1.82) is 0 Å². The zero-order chi connectivity index (χ0) is 18.7. The number of piperazine rings is 1. The first-order chi connectivity index (χ1) is 12.4. The van der Waals surface area contributed by atoms with Gasteiger partial charge in [0.05, 0.1) is 12.3 Å². The Morgan fingerprint density at radius 1 is 1.00 bits per heavy atom. The van der Waals surface area contributed by atoms with Crippen molar-refractivity contribution >= 4 is 11.6 Å². The molecule has 3 rings (SSSR count). The summed E-state index contributed by atoms with van der Waals surface area (Å²) in [5.74, 6) is 3.64. The second-order valence-electron chi connectivity index (χ2n) is 7.66. The van der Waals surface area contributed by atoms with Crippen molar-refractivity contribution in [1.82, 2.24) is 19.9 Å². The number of hydrogen-bond acceptors (Lipinski definition) is 7. The lowest BCUT2D eigenvalue weighted by Gasteiger charge is -2.36. The van der Waals surface area contributed by atoms with Gasteiger partial charge in [-0.05, 0) is 13.0 Å². The van der Waals surface area contributed by atoms with E-state index >= 15 is 0 Å². The van der Waals surface area contributed by atoms with Gasteiger partial charge in [-0.1, -0.05) is 20.8 Å². The highest BCUT2D eigenvalue weighted by atomic mass is 16.5. The van der Waals surface area contributed by atoms with Gasteiger partial charge in [-0.3, -0.25) is 0 Å². The second kappa shape index (κ2) is 7.53. The molecule has 0 aliphatic carbocycles. The molecule has 0 N–H and O–H groups in total. The summed E-state index contributed by atoms with van der Waals surface area (Å²) in [5, 5.41) is 0. The molecule has 1 aliphatic rings. The number of hydrogen-bond donors (Lipinski definition) is 0. The van der Waals surface area contributed by atoms with Crippen LogP contribution >= 0.6 is 0 Å². The van der Waals surface area contributed by atoms with Gasteiger partial charge in [0, 0.05) is 51.0 Å². The summed E-state index contributed by atoms with van der Waals surface area (Å²) in [5.41, 5.74) is 0.829. The predicted octanol–water partition coefficient (Wildman–Crippen LogP) is 2.35. The van der Waals surface area contributed by atoms with Crippen LogP contribution in [-0.2, 0) is 16.8 Å². The van der Waals surface area contributed by atoms with Crippen LogP contribution in [0.25, 0.3) is 0 Å². The maximum atomic E-state index is 5.29. The van der Waals surface area contributed by atoms with E-state index < -0.39 is 0 Å². The van der Waals surface area contributed by atoms with Crippen molar-refractivity contribution < 1.29 is 4.74 Å². The fraction of sp³-hybridized carbons (Fsp3) is 0.579. The number of nitrogens with zero attached hydrogens (tertiary/aromatic N) is 6. The molecule has 140 valence electrons. The largest absolute Gasteiger partial charge is 0.378 e. The molecule has 2 aromatic rings. The molecule has 1 fully saturated rings. The normalized spacial score (nSPS) is 15.4. The van der Waals surface area contributed by atoms with Crippen LogP contribution in [0.3, 0.4) is 0 Å². The van der Waals surface area contributed by atoms with Gasteiger partial charge in [0.2, 0.25) is 0 Å². The summed E-state index contributed by atoms with van der Waals surface area (Å²) < 4.78 is 5.29. The Bertz CT molecular complexity index is 750. The van der Waals surface area contributed by atoms with E-state index in [9.17, 15) is 0 Å². The van der Waals surface area contributed by atoms with Crippen molar-refractivity contribution in [2.45, 2.75) is 39.7 Å². The molecule has 1 saturated heterocycles. The van der Waals surface area contributed by atoms with Crippen LogP contribution in [0, 0.1) is 6.92 Å². The van der Waals surface area contributed by atoms with Crippen LogP contribution in [-0.4, -0.2) is 53.2 Å². The minimum absolute atomic E-state index is 0.0984. The molecule has 0 unspecified atom stereocenters. The lowest BCUT2D eigenvalue weighted by molar-refractivity contribution is 0.181. The number of methoxy groups -OCH3 is 1. The summed E-state index contributed by atoms with van der Waals surface area (Å²) in [6.45, 7) is 12.4. The highest BCUT2D eigenvalue weighted by Crippen LogP contribution is 2.24. The fourth-order valence-electron chi connectivity index (χ4n) is 2.99. The lowest BCUT2D eigenvalue weighted by atomic mass is 9.95. The van der Waals surface area contributed by atoms with Crippen molar-refractivity contribution in [3.63, 3.8) is 0 Å². The maximum absolute atomic E-state index is 5.29. The van der Waals surface area contributed by atoms with Crippen LogP contribution in [0.5, 0.6) is 0 Å². The van der Waals surface area contributed by atoms with E-state index in [1.165, 1.54) is 0 Å². The average Bonchev–Trinajstić information content (AvgIpc) is 2.61. The van der Waals surface area contributed by atoms with E-state index in [-0.39, 0.29) is 5.41 Å². The average molecular weight is 356 g/mol. The maximum Gasteiger partial charge on any atom is 0.136 e. The van der Waals surface area contributed by atoms with Gasteiger partial charge in [-0.2, -0.15) is 0 Å². The molecule has 0 amide bonds. The monoisotopic (exact) mass is 356 g/mol. The molecule has 7 heteroatoms. The van der Waals surface area contributed by atoms with Crippen molar-refractivity contribution in [2.75, 3.05) is 43.1 Å². The molecule has 0 atom stereocenters. The number of aryl methyl sites for hydroxylation is 1. The minimum Gasteiger partial charge on any atom is -0.378 e. The smallest absolute Gasteiger partial charge is 0.136 e. The van der Waals surface area contributed by atoms with Gasteiger partial charge in [0.1, 0.15) is 23.3 Å². The van der Waals surface area contributed by atoms with Crippen LogP contribution < -0.4 is 9.80 Å². The number of rotatable bonds is 4. The van der Waals surface area contributed by atoms with Crippen molar-refractivity contribution in [2.24, 2.45) is 0 Å². The Balaban J connectivity index is 1.77. The SMILES string of the molecule is COCc1cc(N2CCN(c3ccnc(C)n3)CC2)nc(C(C)(C)C)n1. The number of anilines is 2. The molecule has 0 spiro atoms. The zero-order valence-corrected chi connectivity index (χ0v) is 16.4. The summed E-state index contributed by atoms with van der Waals surface area (Å²) >= 11 is 0. The second-order valence-corrected chi connectivity index (χ2v) is 7.66. The molecule has 0 saturated carbocycles. The Hall–Kier alpha value is -2.28. The molecule has 7 nitrogen and oxygen atoms in total. The summed E-state index contributed by atoms with van der Waals surface area (Å²) in [6, 6.07) is 4.02. The predicted molar refractivity (Wildman–Crippen MR) is 103 cm³/mol. The Morgan fingerprint density at radius 3 is 2.23 bits per heavy atom. The molecular formula is C19H28N6O. The topological polar surface area (TPSA) is 67.3 Å². The van der Waals surface area contributed by atoms with E-state index in [0.717, 1.165) is 55.2 Å². The number of aromatic nitrogens is 4. The van der Waals surface area contributed by atoms with Gasteiger partial charge >= 0.3 is 0 Å². The lowest BCUT2D eigenvalue weighted by Crippen LogP contribution is -2.47. The summed E-state index contributed by atoms with van der Waals surface area (Å²) in [7, 11) is 1.70. The number of ether oxygens (including phenoxy) is 1. The first-order valence-electron chi connectivity index (χ1n) is 9.04. The molecule has 0 aromatic carbocycles. The van der Waals surface area contributed by atoms with E-state index in [4.69, 9.17) is 9.72 Å². The third-order valence-corrected chi connectivity index (χ3v) is 4.42. The Labute approximate surface area is 155 Å². The van der Waals surface area contributed by atoms with Crippen LogP contribution in [0.4, 0.5) is 11.6 Å². The fourth-order valence-corrected chi connectivity index (χ4v) is 2.99. The third-order valence-electron chi connectivity index (χ3n) is 4.42. The third kappa shape index (κ3) is 4.27. The molecular weight excluding hydrogens is 328 g/mol. The first-order valence-corrected chi connectivity index (χ1v) is 9.04. The highest BCUT2D eigenvalue weighted by Gasteiger charge is 2.23. The molecule has 2 aromatic heterocycles. The standard InChI is InChI=1S/C19H28N6O/c1-14-20-7-6-16(21-14)24-8-10-25(11-9-24)17-12-15(13-26-5)22-18(23-17)19(2,3)4/h6-7,12H,8-11,13H2,1-5H3. The molecule has 3 heterocycles. The highest BCUT2D eigenvalue weighted by molar-refractivity contribution is 5.45. The summed E-state index contributed by atoms with van der Waals surface area (Å²) in [6.07, 6.45) is 1.82. The Kier molecular flexibility index (Phi) is 5.36. The van der Waals surface area contributed by atoms with Crippen LogP contribution in [0.1, 0.15) is 38.1 Å². The first kappa shape index (κ1) is 18.5. The van der Waals surface area contributed by atoms with Crippen molar-refractivity contribution in [3.05, 3.63) is 35.7 Å². The molecule has 0 radical (unpaired) electrons. The van der Waals surface area contributed by atoms with Crippen LogP contribution in [0.2, 0.25) is 0 Å². The van der Waals surface area contributed by atoms with E-state index in [1.54, 1.807) is 7.11 Å². The van der Waals surface area contributed by atoms with E-state index in [2.05, 4.69) is 45.5 Å². The zero-order valence-electron chi connectivity index (χ0n) is 16.4. The van der Waals surface area contributed by atoms with E-state index in [0.29, 0.717) is 6.61 Å². The van der Waals surface area contributed by atoms with Gasteiger partial charge in [0.25, 0.3) is 0 Å². The molecule has 1 aliphatic heterocycles. The van der Waals surface area contributed by atoms with Crippen LogP contribution in [0.15, 0.2) is 18.3 Å². The quantitative estimate of drug-likeness (QED) is 0.833. The molecule has 26 heavy (non-hydrogen) atoms. The summed E-state index contributed by atoms with van der Waals surface area (Å²) in [4.78, 5) is 22.8. The van der Waals surface area contributed by atoms with E-state index in [1.807, 2.05) is 25.3 Å². The van der Waals surface area contributed by atoms with Gasteiger partial charge < -0.3 is 14.5 Å². The van der Waals surface area contributed by atoms with Crippen molar-refractivity contribution in [3.8, 4) is 0 Å².